The molecule has 18 heavy (non-hydrogen) atoms. The molecule has 2 aromatic rings. The summed E-state index contributed by atoms with van der Waals surface area (Å²) in [5, 5.41) is 4.49. The number of aromatic nitrogens is 2. The summed E-state index contributed by atoms with van der Waals surface area (Å²) in [4.78, 5) is 14.7. The van der Waals surface area contributed by atoms with Crippen molar-refractivity contribution < 1.29 is 0 Å². The number of fused-ring (bicyclic) bond motifs is 1. The van der Waals surface area contributed by atoms with Crippen LogP contribution in [0.15, 0.2) is 27.7 Å². The van der Waals surface area contributed by atoms with Crippen molar-refractivity contribution in [3.63, 3.8) is 0 Å². The van der Waals surface area contributed by atoms with Gasteiger partial charge in [0.1, 0.15) is 5.52 Å². The Morgan fingerprint density at radius 3 is 3.11 bits per heavy atom. The maximum Gasteiger partial charge on any atom is 0.272 e. The van der Waals surface area contributed by atoms with Gasteiger partial charge in [0.05, 0.1) is 0 Å². The van der Waals surface area contributed by atoms with Crippen LogP contribution in [0.4, 0.5) is 0 Å². The van der Waals surface area contributed by atoms with Crippen LogP contribution in [0, 0.1) is 0 Å². The third-order valence-corrected chi connectivity index (χ3v) is 4.21. The van der Waals surface area contributed by atoms with Crippen molar-refractivity contribution in [2.75, 3.05) is 6.54 Å². The minimum Gasteiger partial charge on any atom is -0.340 e. The number of hydrogen-bond donors (Lipinski definition) is 2. The lowest BCUT2D eigenvalue weighted by molar-refractivity contribution is 0.366. The molecular formula is C13H16BrN3O. The first kappa shape index (κ1) is 12.0. The van der Waals surface area contributed by atoms with E-state index in [4.69, 9.17) is 0 Å². The normalized spacial score (nSPS) is 20.4. The summed E-state index contributed by atoms with van der Waals surface area (Å²) >= 11 is 3.52. The predicted molar refractivity (Wildman–Crippen MR) is 75.9 cm³/mol. The molecule has 0 bridgehead atoms. The van der Waals surface area contributed by atoms with Gasteiger partial charge >= 0.3 is 0 Å². The highest BCUT2D eigenvalue weighted by Gasteiger charge is 2.16. The highest BCUT2D eigenvalue weighted by atomic mass is 79.9. The summed E-state index contributed by atoms with van der Waals surface area (Å²) in [7, 11) is 0. The van der Waals surface area contributed by atoms with Crippen LogP contribution in [0.5, 0.6) is 0 Å². The van der Waals surface area contributed by atoms with E-state index in [-0.39, 0.29) is 5.56 Å². The molecule has 0 aliphatic carbocycles. The summed E-state index contributed by atoms with van der Waals surface area (Å²) in [6.07, 6.45) is 7.42. The molecule has 1 saturated heterocycles. The monoisotopic (exact) mass is 309 g/mol. The molecule has 0 radical (unpaired) electrons. The number of halogens is 1. The van der Waals surface area contributed by atoms with Gasteiger partial charge in [-0.05, 0) is 41.4 Å². The fourth-order valence-electron chi connectivity index (χ4n) is 2.68. The van der Waals surface area contributed by atoms with Crippen molar-refractivity contribution in [1.29, 1.82) is 0 Å². The fraction of sp³-hybridized carbons (Fsp3) is 0.462. The van der Waals surface area contributed by atoms with Crippen molar-refractivity contribution in [3.8, 4) is 0 Å². The van der Waals surface area contributed by atoms with Gasteiger partial charge in [-0.3, -0.25) is 4.79 Å². The van der Waals surface area contributed by atoms with Crippen LogP contribution in [0.2, 0.25) is 0 Å². The summed E-state index contributed by atoms with van der Waals surface area (Å²) in [6.45, 7) is 1.94. The Labute approximate surface area is 114 Å². The molecule has 2 aromatic heterocycles. The van der Waals surface area contributed by atoms with Gasteiger partial charge in [0.2, 0.25) is 0 Å². The van der Waals surface area contributed by atoms with E-state index in [2.05, 4.69) is 30.8 Å². The van der Waals surface area contributed by atoms with Crippen LogP contribution in [0.3, 0.4) is 0 Å². The van der Waals surface area contributed by atoms with Gasteiger partial charge in [0.15, 0.2) is 0 Å². The first-order valence-electron chi connectivity index (χ1n) is 6.35. The van der Waals surface area contributed by atoms with Crippen LogP contribution in [-0.4, -0.2) is 22.1 Å². The van der Waals surface area contributed by atoms with Gasteiger partial charge in [0.25, 0.3) is 5.56 Å². The van der Waals surface area contributed by atoms with E-state index in [1.165, 1.54) is 19.3 Å². The molecule has 0 amide bonds. The van der Waals surface area contributed by atoms with Crippen LogP contribution < -0.4 is 10.9 Å². The summed E-state index contributed by atoms with van der Waals surface area (Å²) in [5.41, 5.74) is 0.741. The molecule has 0 saturated carbocycles. The number of rotatable bonds is 2. The summed E-state index contributed by atoms with van der Waals surface area (Å²) in [6, 6.07) is 2.41. The molecular weight excluding hydrogens is 294 g/mol. The predicted octanol–water partition coefficient (Wildman–Crippen LogP) is 2.23. The standard InChI is InChI=1S/C13H16BrN3O/c14-11-8-17(7-9-3-1-2-5-15-9)12-10(11)4-6-16-13(12)18/h4,6,8-9,15H,1-3,5,7H2,(H,16,18). The van der Waals surface area contributed by atoms with Crippen molar-refractivity contribution in [2.45, 2.75) is 31.8 Å². The van der Waals surface area contributed by atoms with Gasteiger partial charge in [0, 0.05) is 34.8 Å². The summed E-state index contributed by atoms with van der Waals surface area (Å²) < 4.78 is 3.04. The van der Waals surface area contributed by atoms with E-state index in [0.29, 0.717) is 6.04 Å². The molecule has 1 aliphatic heterocycles. The van der Waals surface area contributed by atoms with Crippen molar-refractivity contribution in [2.24, 2.45) is 0 Å². The molecule has 5 heteroatoms. The van der Waals surface area contributed by atoms with Gasteiger partial charge in [-0.15, -0.1) is 0 Å². The van der Waals surface area contributed by atoms with E-state index in [1.807, 2.05) is 12.3 Å². The van der Waals surface area contributed by atoms with E-state index in [9.17, 15) is 4.79 Å². The van der Waals surface area contributed by atoms with Crippen molar-refractivity contribution >= 4 is 26.8 Å². The Bertz CT molecular complexity index is 610. The third-order valence-electron chi connectivity index (χ3n) is 3.58. The Morgan fingerprint density at radius 2 is 2.33 bits per heavy atom. The third kappa shape index (κ3) is 2.12. The molecule has 1 unspecified atom stereocenters. The van der Waals surface area contributed by atoms with Crippen molar-refractivity contribution in [3.05, 3.63) is 33.3 Å². The minimum atomic E-state index is -0.0194. The maximum absolute atomic E-state index is 11.9. The number of H-pyrrole nitrogens is 1. The Morgan fingerprint density at radius 1 is 1.44 bits per heavy atom. The number of pyridine rings is 1. The summed E-state index contributed by atoms with van der Waals surface area (Å²) in [5.74, 6) is 0. The van der Waals surface area contributed by atoms with Crippen LogP contribution in [0.1, 0.15) is 19.3 Å². The number of piperidine rings is 1. The minimum absolute atomic E-state index is 0.0194. The average Bonchev–Trinajstić information content (AvgIpc) is 2.69. The molecule has 4 nitrogen and oxygen atoms in total. The molecule has 1 fully saturated rings. The molecule has 0 spiro atoms. The van der Waals surface area contributed by atoms with E-state index in [0.717, 1.165) is 28.5 Å². The molecule has 3 rings (SSSR count). The van der Waals surface area contributed by atoms with Crippen molar-refractivity contribution in [1.82, 2.24) is 14.9 Å². The van der Waals surface area contributed by atoms with Gasteiger partial charge in [-0.2, -0.15) is 0 Å². The lowest BCUT2D eigenvalue weighted by Gasteiger charge is -2.24. The topological polar surface area (TPSA) is 49.8 Å². The molecule has 0 aromatic carbocycles. The zero-order valence-corrected chi connectivity index (χ0v) is 11.7. The number of nitrogens with zero attached hydrogens (tertiary/aromatic N) is 1. The lowest BCUT2D eigenvalue weighted by Crippen LogP contribution is -2.37. The zero-order valence-electron chi connectivity index (χ0n) is 10.1. The van der Waals surface area contributed by atoms with E-state index in [1.54, 1.807) is 6.20 Å². The van der Waals surface area contributed by atoms with E-state index >= 15 is 0 Å². The quantitative estimate of drug-likeness (QED) is 0.894. The van der Waals surface area contributed by atoms with Gasteiger partial charge in [-0.25, -0.2) is 0 Å². The lowest BCUT2D eigenvalue weighted by atomic mass is 10.1. The first-order valence-corrected chi connectivity index (χ1v) is 7.14. The average molecular weight is 310 g/mol. The Hall–Kier alpha value is -1.07. The Kier molecular flexibility index (Phi) is 3.26. The molecule has 3 heterocycles. The van der Waals surface area contributed by atoms with Crippen LogP contribution in [-0.2, 0) is 6.54 Å². The van der Waals surface area contributed by atoms with E-state index < -0.39 is 0 Å². The second-order valence-electron chi connectivity index (χ2n) is 4.85. The molecule has 2 N–H and O–H groups in total. The second-order valence-corrected chi connectivity index (χ2v) is 5.70. The molecule has 1 aliphatic rings. The molecule has 1 atom stereocenters. The highest BCUT2D eigenvalue weighted by Crippen LogP contribution is 2.24. The maximum atomic E-state index is 11.9. The van der Waals surface area contributed by atoms with Gasteiger partial charge < -0.3 is 14.9 Å². The first-order chi connectivity index (χ1) is 8.75. The second kappa shape index (κ2) is 4.90. The van der Waals surface area contributed by atoms with Crippen LogP contribution in [0.25, 0.3) is 10.9 Å². The van der Waals surface area contributed by atoms with Crippen LogP contribution >= 0.6 is 15.9 Å². The van der Waals surface area contributed by atoms with Gasteiger partial charge in [-0.1, -0.05) is 6.42 Å². The number of aromatic amines is 1. The number of hydrogen-bond acceptors (Lipinski definition) is 2. The highest BCUT2D eigenvalue weighted by molar-refractivity contribution is 9.10. The Balaban J connectivity index is 1.98. The fourth-order valence-corrected chi connectivity index (χ4v) is 3.25. The largest absolute Gasteiger partial charge is 0.340 e. The smallest absolute Gasteiger partial charge is 0.272 e. The molecule has 96 valence electrons. The SMILES string of the molecule is O=c1[nH]ccc2c(Br)cn(CC3CCCCN3)c12. The zero-order chi connectivity index (χ0) is 12.5. The number of nitrogens with one attached hydrogen (secondary N) is 2.